The van der Waals surface area contributed by atoms with Gasteiger partial charge in [-0.1, -0.05) is 24.8 Å². The number of likely N-dealkylation sites (N-methyl/N-ethyl adjacent to an activating group) is 1. The molecule has 1 aromatic carbocycles. The van der Waals surface area contributed by atoms with E-state index < -0.39 is 12.1 Å². The van der Waals surface area contributed by atoms with Gasteiger partial charge in [-0.3, -0.25) is 9.59 Å². The Kier molecular flexibility index (Phi) is 8.97. The van der Waals surface area contributed by atoms with Crippen LogP contribution in [0.2, 0.25) is 0 Å². The van der Waals surface area contributed by atoms with Gasteiger partial charge < -0.3 is 24.4 Å². The molecule has 2 aliphatic heterocycles. The Bertz CT molecular complexity index is 1220. The van der Waals surface area contributed by atoms with Crippen LogP contribution in [-0.2, 0) is 9.53 Å². The third kappa shape index (κ3) is 6.50. The average Bonchev–Trinajstić information content (AvgIpc) is 2.93. The summed E-state index contributed by atoms with van der Waals surface area (Å²) in [4.78, 5) is 34.4. The molecular formula is C29H34FN3O5. The van der Waals surface area contributed by atoms with E-state index in [1.54, 1.807) is 42.0 Å². The van der Waals surface area contributed by atoms with E-state index in [1.165, 1.54) is 18.3 Å². The Morgan fingerprint density at radius 2 is 2.00 bits per heavy atom. The Morgan fingerprint density at radius 1 is 1.26 bits per heavy atom. The van der Waals surface area contributed by atoms with E-state index in [9.17, 15) is 19.1 Å². The molecule has 3 heterocycles. The molecule has 3 atom stereocenters. The molecule has 2 aromatic rings. The van der Waals surface area contributed by atoms with Gasteiger partial charge in [0, 0.05) is 56.0 Å². The maximum atomic E-state index is 13.6. The molecule has 0 bridgehead atoms. The molecule has 1 N–H and O–H groups in total. The normalized spacial score (nSPS) is 20.8. The number of hydrogen-bond donors (Lipinski definition) is 1. The molecule has 8 nitrogen and oxygen atoms in total. The van der Waals surface area contributed by atoms with Crippen molar-refractivity contribution < 1.29 is 28.6 Å². The minimum absolute atomic E-state index is 0.0546. The Balaban J connectivity index is 1.62. The van der Waals surface area contributed by atoms with Gasteiger partial charge in [-0.15, -0.1) is 0 Å². The number of aliphatic hydroxyl groups is 1. The molecule has 0 radical (unpaired) electrons. The number of benzene rings is 1. The average molecular weight is 524 g/mol. The van der Waals surface area contributed by atoms with Crippen molar-refractivity contribution in [1.29, 1.82) is 0 Å². The largest absolute Gasteiger partial charge is 0.472 e. The Labute approximate surface area is 222 Å². The van der Waals surface area contributed by atoms with Gasteiger partial charge in [-0.05, 0) is 44.0 Å². The minimum Gasteiger partial charge on any atom is -0.472 e. The molecule has 0 saturated carbocycles. The lowest BCUT2D eigenvalue weighted by atomic mass is 9.97. The van der Waals surface area contributed by atoms with Crippen LogP contribution in [-0.4, -0.2) is 83.8 Å². The number of aliphatic hydroxyl groups excluding tert-OH is 1. The predicted octanol–water partition coefficient (Wildman–Crippen LogP) is 2.73. The van der Waals surface area contributed by atoms with Crippen molar-refractivity contribution in [3.05, 3.63) is 59.0 Å². The molecule has 2 amide bonds. The highest BCUT2D eigenvalue weighted by molar-refractivity contribution is 5.97. The molecular weight excluding hydrogens is 489 g/mol. The van der Waals surface area contributed by atoms with Gasteiger partial charge in [0.05, 0.1) is 19.2 Å². The smallest absolute Gasteiger partial charge is 0.259 e. The van der Waals surface area contributed by atoms with Crippen molar-refractivity contribution in [3.8, 4) is 17.7 Å². The molecule has 4 rings (SSSR count). The summed E-state index contributed by atoms with van der Waals surface area (Å²) in [6.07, 6.45) is 2.48. The maximum Gasteiger partial charge on any atom is 0.259 e. The number of pyridine rings is 1. The number of nitrogens with zero attached hydrogens (tertiary/aromatic N) is 3. The lowest BCUT2D eigenvalue weighted by molar-refractivity contribution is -0.138. The number of fused-ring (bicyclic) bond motifs is 1. The number of halogens is 1. The number of amides is 2. The number of ether oxygens (including phenoxy) is 2. The predicted molar refractivity (Wildman–Crippen MR) is 139 cm³/mol. The third-order valence-electron chi connectivity index (χ3n) is 7.10. The molecule has 38 heavy (non-hydrogen) atoms. The van der Waals surface area contributed by atoms with Crippen LogP contribution in [0.1, 0.15) is 48.2 Å². The van der Waals surface area contributed by atoms with Gasteiger partial charge in [0.1, 0.15) is 17.5 Å². The molecule has 1 saturated heterocycles. The molecule has 0 unspecified atom stereocenters. The quantitative estimate of drug-likeness (QED) is 0.606. The van der Waals surface area contributed by atoms with Crippen molar-refractivity contribution in [2.24, 2.45) is 11.8 Å². The first-order chi connectivity index (χ1) is 18.3. The molecule has 9 heteroatoms. The summed E-state index contributed by atoms with van der Waals surface area (Å²) in [6, 6.07) is 7.13. The van der Waals surface area contributed by atoms with Crippen LogP contribution in [0.5, 0.6) is 5.88 Å². The van der Waals surface area contributed by atoms with Crippen LogP contribution in [0.3, 0.4) is 0 Å². The number of carbonyl (C=O) groups is 2. The van der Waals surface area contributed by atoms with E-state index >= 15 is 0 Å². The summed E-state index contributed by atoms with van der Waals surface area (Å²) in [6.45, 7) is 5.37. The second kappa shape index (κ2) is 12.4. The van der Waals surface area contributed by atoms with Crippen LogP contribution in [0.4, 0.5) is 4.39 Å². The summed E-state index contributed by atoms with van der Waals surface area (Å²) >= 11 is 0. The van der Waals surface area contributed by atoms with E-state index in [0.29, 0.717) is 50.3 Å². The van der Waals surface area contributed by atoms with Gasteiger partial charge in [-0.25, -0.2) is 9.37 Å². The van der Waals surface area contributed by atoms with Crippen molar-refractivity contribution in [1.82, 2.24) is 14.8 Å². The molecule has 1 fully saturated rings. The Hall–Kier alpha value is -3.48. The number of aromatic nitrogens is 1. The number of carbonyl (C=O) groups excluding carboxylic acids is 2. The lowest BCUT2D eigenvalue weighted by Gasteiger charge is -2.38. The van der Waals surface area contributed by atoms with Crippen LogP contribution >= 0.6 is 0 Å². The summed E-state index contributed by atoms with van der Waals surface area (Å²) < 4.78 is 25.2. The van der Waals surface area contributed by atoms with Crippen LogP contribution in [0.25, 0.3) is 0 Å². The number of hydrogen-bond acceptors (Lipinski definition) is 6. The SMILES string of the molecule is C[C@H]1CN([C@@H](C)CO)C(=O)c2cc(C#Cc3cccc(F)c3)cnc2O[C@@H]1CN(C)C(=O)C1CCOCC1. The highest BCUT2D eigenvalue weighted by Crippen LogP contribution is 2.28. The van der Waals surface area contributed by atoms with Gasteiger partial charge in [0.15, 0.2) is 0 Å². The van der Waals surface area contributed by atoms with Crippen molar-refractivity contribution in [3.63, 3.8) is 0 Å². The van der Waals surface area contributed by atoms with Gasteiger partial charge >= 0.3 is 0 Å². The fourth-order valence-electron chi connectivity index (χ4n) is 4.72. The topological polar surface area (TPSA) is 92.2 Å². The molecule has 202 valence electrons. The molecule has 0 aliphatic carbocycles. The second-order valence-corrected chi connectivity index (χ2v) is 10.1. The first kappa shape index (κ1) is 27.6. The van der Waals surface area contributed by atoms with E-state index in [2.05, 4.69) is 16.8 Å². The number of rotatable bonds is 5. The highest BCUT2D eigenvalue weighted by atomic mass is 19.1. The summed E-state index contributed by atoms with van der Waals surface area (Å²) in [5, 5.41) is 9.86. The van der Waals surface area contributed by atoms with Crippen LogP contribution in [0.15, 0.2) is 36.5 Å². The highest BCUT2D eigenvalue weighted by Gasteiger charge is 2.35. The van der Waals surface area contributed by atoms with Crippen LogP contribution < -0.4 is 4.74 Å². The first-order valence-electron chi connectivity index (χ1n) is 13.0. The van der Waals surface area contributed by atoms with E-state index in [1.807, 2.05) is 6.92 Å². The van der Waals surface area contributed by atoms with E-state index in [4.69, 9.17) is 9.47 Å². The van der Waals surface area contributed by atoms with E-state index in [-0.39, 0.29) is 47.5 Å². The maximum absolute atomic E-state index is 13.6. The zero-order valence-corrected chi connectivity index (χ0v) is 22.0. The Morgan fingerprint density at radius 3 is 2.71 bits per heavy atom. The summed E-state index contributed by atoms with van der Waals surface area (Å²) in [7, 11) is 1.77. The summed E-state index contributed by atoms with van der Waals surface area (Å²) in [5.41, 5.74) is 1.20. The molecule has 0 spiro atoms. The van der Waals surface area contributed by atoms with Gasteiger partial charge in [0.2, 0.25) is 11.8 Å². The van der Waals surface area contributed by atoms with Gasteiger partial charge in [-0.2, -0.15) is 0 Å². The minimum atomic E-state index is -0.430. The zero-order valence-electron chi connectivity index (χ0n) is 22.0. The monoisotopic (exact) mass is 523 g/mol. The molecule has 2 aliphatic rings. The zero-order chi connectivity index (χ0) is 27.2. The lowest BCUT2D eigenvalue weighted by Crippen LogP contribution is -2.51. The first-order valence-corrected chi connectivity index (χ1v) is 13.0. The third-order valence-corrected chi connectivity index (χ3v) is 7.10. The summed E-state index contributed by atoms with van der Waals surface area (Å²) in [5.74, 6) is 5.13. The van der Waals surface area contributed by atoms with Gasteiger partial charge in [0.25, 0.3) is 5.91 Å². The fraction of sp³-hybridized carbons (Fsp3) is 0.483. The standard InChI is InChI=1S/C29H34FN3O5/c1-19-16-33(20(2)18-34)29(36)25-14-22(8-7-21-5-4-6-24(30)13-21)15-31-27(25)38-26(19)17-32(3)28(35)23-9-11-37-12-10-23/h4-6,13-15,19-20,23,26,34H,9-12,16-18H2,1-3H3/t19-,20-,26+/m0/s1. The van der Waals surface area contributed by atoms with Crippen LogP contribution in [0, 0.1) is 29.5 Å². The second-order valence-electron chi connectivity index (χ2n) is 10.1. The fourth-order valence-corrected chi connectivity index (χ4v) is 4.72. The van der Waals surface area contributed by atoms with Crippen molar-refractivity contribution in [2.45, 2.75) is 38.8 Å². The molecule has 1 aromatic heterocycles. The van der Waals surface area contributed by atoms with Crippen molar-refractivity contribution in [2.75, 3.05) is 40.0 Å². The van der Waals surface area contributed by atoms with Crippen molar-refractivity contribution >= 4 is 11.8 Å². The van der Waals surface area contributed by atoms with E-state index in [0.717, 1.165) is 0 Å².